The van der Waals surface area contributed by atoms with Crippen LogP contribution in [-0.4, -0.2) is 0 Å². The van der Waals surface area contributed by atoms with Crippen LogP contribution in [0.1, 0.15) is 22.3 Å². The number of hydrogen-bond donors (Lipinski definition) is 0. The van der Waals surface area contributed by atoms with Gasteiger partial charge in [-0.05, 0) is 47.7 Å². The quantitative estimate of drug-likeness (QED) is 0.261. The summed E-state index contributed by atoms with van der Waals surface area (Å²) in [7, 11) is 0. The summed E-state index contributed by atoms with van der Waals surface area (Å²) in [6, 6.07) is 35.7. The number of aryl methyl sites for hydroxylation is 2. The molecule has 0 unspecified atom stereocenters. The van der Waals surface area contributed by atoms with Gasteiger partial charge in [-0.1, -0.05) is 108 Å². The maximum atomic E-state index is 10.0. The Hall–Kier alpha value is -3.89. The highest BCUT2D eigenvalue weighted by atomic mass is 14.3. The van der Waals surface area contributed by atoms with E-state index < -0.39 is 0 Å². The monoisotopic (exact) mass is 385 g/mol. The van der Waals surface area contributed by atoms with Crippen LogP contribution in [0.2, 0.25) is 0 Å². The minimum Gasteiger partial charge on any atom is -0.192 e. The van der Waals surface area contributed by atoms with Gasteiger partial charge in [0.25, 0.3) is 0 Å². The Kier molecular flexibility index (Phi) is 5.59. The Bertz CT molecular complexity index is 1240. The lowest BCUT2D eigenvalue weighted by atomic mass is 9.92. The fourth-order valence-electron chi connectivity index (χ4n) is 3.65. The summed E-state index contributed by atoms with van der Waals surface area (Å²) in [6.07, 6.45) is 2.00. The van der Waals surface area contributed by atoms with Gasteiger partial charge in [0.15, 0.2) is 0 Å². The number of nitriles is 1. The minimum atomic E-state index is 0.658. The molecule has 0 amide bonds. The lowest BCUT2D eigenvalue weighted by molar-refractivity contribution is 1.46. The van der Waals surface area contributed by atoms with E-state index in [0.717, 1.165) is 33.4 Å². The zero-order valence-corrected chi connectivity index (χ0v) is 17.3. The first kappa shape index (κ1) is 19.4. The van der Waals surface area contributed by atoms with E-state index >= 15 is 0 Å². The standard InChI is InChI=1S/C29H23N/c1-21-11-15-23(16-12-21)27-8-4-3-7-25(27)19-26(20-30)29-10-6-5-9-28(29)24-17-13-22(2)14-18-24/h3-19H,1-2H3. The summed E-state index contributed by atoms with van der Waals surface area (Å²) in [5.74, 6) is 0. The highest BCUT2D eigenvalue weighted by Crippen LogP contribution is 2.32. The van der Waals surface area contributed by atoms with Crippen LogP contribution in [0.4, 0.5) is 0 Å². The molecule has 4 aromatic carbocycles. The number of nitrogens with zero attached hydrogens (tertiary/aromatic N) is 1. The molecule has 0 saturated heterocycles. The van der Waals surface area contributed by atoms with Crippen LogP contribution in [0.15, 0.2) is 97.1 Å². The first-order valence-corrected chi connectivity index (χ1v) is 10.1. The van der Waals surface area contributed by atoms with Crippen molar-refractivity contribution < 1.29 is 0 Å². The molecule has 0 N–H and O–H groups in total. The van der Waals surface area contributed by atoms with Crippen molar-refractivity contribution in [3.8, 4) is 28.3 Å². The lowest BCUT2D eigenvalue weighted by Crippen LogP contribution is -1.90. The molecule has 0 aliphatic carbocycles. The van der Waals surface area contributed by atoms with Gasteiger partial charge in [-0.15, -0.1) is 0 Å². The Morgan fingerprint density at radius 3 is 1.73 bits per heavy atom. The van der Waals surface area contributed by atoms with Crippen molar-refractivity contribution in [3.05, 3.63) is 119 Å². The van der Waals surface area contributed by atoms with Gasteiger partial charge in [-0.2, -0.15) is 5.26 Å². The predicted molar refractivity (Wildman–Crippen MR) is 127 cm³/mol. The first-order chi connectivity index (χ1) is 14.7. The molecule has 1 heteroatoms. The third-order valence-corrected chi connectivity index (χ3v) is 5.32. The maximum Gasteiger partial charge on any atom is 0.0998 e. The van der Waals surface area contributed by atoms with Crippen molar-refractivity contribution >= 4 is 11.6 Å². The van der Waals surface area contributed by atoms with Gasteiger partial charge in [-0.25, -0.2) is 0 Å². The zero-order valence-electron chi connectivity index (χ0n) is 17.3. The summed E-state index contributed by atoms with van der Waals surface area (Å²) in [4.78, 5) is 0. The second kappa shape index (κ2) is 8.64. The van der Waals surface area contributed by atoms with Crippen molar-refractivity contribution in [2.45, 2.75) is 13.8 Å². The van der Waals surface area contributed by atoms with Crippen molar-refractivity contribution in [1.82, 2.24) is 0 Å². The number of hydrogen-bond acceptors (Lipinski definition) is 1. The summed E-state index contributed by atoms with van der Waals surface area (Å²) < 4.78 is 0. The van der Waals surface area contributed by atoms with Crippen LogP contribution in [0.25, 0.3) is 33.9 Å². The SMILES string of the molecule is Cc1ccc(-c2ccccc2C=C(C#N)c2ccccc2-c2ccc(C)cc2)cc1. The normalized spacial score (nSPS) is 11.2. The first-order valence-electron chi connectivity index (χ1n) is 10.1. The second-order valence-corrected chi connectivity index (χ2v) is 7.53. The molecule has 0 bridgehead atoms. The van der Waals surface area contributed by atoms with E-state index in [4.69, 9.17) is 0 Å². The van der Waals surface area contributed by atoms with E-state index in [1.165, 1.54) is 11.1 Å². The zero-order chi connectivity index (χ0) is 20.9. The molecule has 4 rings (SSSR count). The van der Waals surface area contributed by atoms with Crippen LogP contribution in [0.3, 0.4) is 0 Å². The van der Waals surface area contributed by atoms with Gasteiger partial charge >= 0.3 is 0 Å². The second-order valence-electron chi connectivity index (χ2n) is 7.53. The Balaban J connectivity index is 1.83. The van der Waals surface area contributed by atoms with Crippen molar-refractivity contribution in [2.24, 2.45) is 0 Å². The molecule has 0 heterocycles. The third kappa shape index (κ3) is 4.09. The summed E-state index contributed by atoms with van der Waals surface area (Å²) in [5.41, 5.74) is 9.55. The van der Waals surface area contributed by atoms with E-state index in [9.17, 15) is 5.26 Å². The van der Waals surface area contributed by atoms with E-state index in [1.807, 2.05) is 36.4 Å². The molecule has 0 spiro atoms. The average Bonchev–Trinajstić information content (AvgIpc) is 2.79. The third-order valence-electron chi connectivity index (χ3n) is 5.32. The molecule has 144 valence electrons. The van der Waals surface area contributed by atoms with Gasteiger partial charge < -0.3 is 0 Å². The molecule has 1 nitrogen and oxygen atoms in total. The Labute approximate surface area is 178 Å². The van der Waals surface area contributed by atoms with Crippen LogP contribution in [0, 0.1) is 25.2 Å². The van der Waals surface area contributed by atoms with E-state index in [-0.39, 0.29) is 0 Å². The molecule has 30 heavy (non-hydrogen) atoms. The molecule has 0 fully saturated rings. The molecular weight excluding hydrogens is 362 g/mol. The van der Waals surface area contributed by atoms with Crippen LogP contribution >= 0.6 is 0 Å². The minimum absolute atomic E-state index is 0.658. The highest BCUT2D eigenvalue weighted by molar-refractivity contribution is 5.97. The van der Waals surface area contributed by atoms with Crippen LogP contribution < -0.4 is 0 Å². The maximum absolute atomic E-state index is 10.0. The van der Waals surface area contributed by atoms with Crippen molar-refractivity contribution in [1.29, 1.82) is 5.26 Å². The summed E-state index contributed by atoms with van der Waals surface area (Å²) >= 11 is 0. The average molecular weight is 386 g/mol. The fourth-order valence-corrected chi connectivity index (χ4v) is 3.65. The van der Waals surface area contributed by atoms with Crippen molar-refractivity contribution in [2.75, 3.05) is 0 Å². The molecule has 0 aromatic heterocycles. The Morgan fingerprint density at radius 1 is 0.633 bits per heavy atom. The van der Waals surface area contributed by atoms with Crippen molar-refractivity contribution in [3.63, 3.8) is 0 Å². The van der Waals surface area contributed by atoms with E-state index in [2.05, 4.69) is 86.6 Å². The number of rotatable bonds is 4. The molecule has 0 aliphatic heterocycles. The molecule has 4 aromatic rings. The topological polar surface area (TPSA) is 23.8 Å². The molecule has 0 saturated carbocycles. The molecule has 0 aliphatic rings. The van der Waals surface area contributed by atoms with Gasteiger partial charge in [0, 0.05) is 5.56 Å². The molecule has 0 atom stereocenters. The fraction of sp³-hybridized carbons (Fsp3) is 0.0690. The highest BCUT2D eigenvalue weighted by Gasteiger charge is 2.11. The summed E-state index contributed by atoms with van der Waals surface area (Å²) in [6.45, 7) is 4.17. The summed E-state index contributed by atoms with van der Waals surface area (Å²) in [5, 5.41) is 10.0. The lowest BCUT2D eigenvalue weighted by Gasteiger charge is -2.11. The molecule has 0 radical (unpaired) electrons. The van der Waals surface area contributed by atoms with Crippen LogP contribution in [0.5, 0.6) is 0 Å². The van der Waals surface area contributed by atoms with Gasteiger partial charge in [0.2, 0.25) is 0 Å². The van der Waals surface area contributed by atoms with Gasteiger partial charge in [0.05, 0.1) is 11.6 Å². The number of benzene rings is 4. The number of allylic oxidation sites excluding steroid dienone is 1. The van der Waals surface area contributed by atoms with Gasteiger partial charge in [-0.3, -0.25) is 0 Å². The smallest absolute Gasteiger partial charge is 0.0998 e. The van der Waals surface area contributed by atoms with E-state index in [1.54, 1.807) is 0 Å². The predicted octanol–water partition coefficient (Wildman–Crippen LogP) is 7.70. The Morgan fingerprint density at radius 2 is 1.13 bits per heavy atom. The van der Waals surface area contributed by atoms with Crippen LogP contribution in [-0.2, 0) is 0 Å². The largest absolute Gasteiger partial charge is 0.192 e. The van der Waals surface area contributed by atoms with E-state index in [0.29, 0.717) is 5.57 Å². The van der Waals surface area contributed by atoms with Gasteiger partial charge in [0.1, 0.15) is 0 Å². The molecular formula is C29H23N.